The first-order valence-electron chi connectivity index (χ1n) is 6.92. The molecule has 2 rings (SSSR count). The van der Waals surface area contributed by atoms with E-state index in [1.807, 2.05) is 6.07 Å². The predicted molar refractivity (Wildman–Crippen MR) is 86.5 cm³/mol. The highest BCUT2D eigenvalue weighted by atomic mass is 32.1. The highest BCUT2D eigenvalue weighted by Crippen LogP contribution is 2.10. The van der Waals surface area contributed by atoms with Crippen LogP contribution in [0.5, 0.6) is 0 Å². The molecule has 0 aliphatic carbocycles. The van der Waals surface area contributed by atoms with Crippen molar-refractivity contribution in [1.82, 2.24) is 9.97 Å². The maximum atomic E-state index is 5.22. The molecule has 1 aromatic carbocycles. The molecule has 0 radical (unpaired) electrons. The summed E-state index contributed by atoms with van der Waals surface area (Å²) in [5, 5.41) is 3.37. The zero-order valence-corrected chi connectivity index (χ0v) is 13.1. The molecule has 0 saturated heterocycles. The molecule has 2 aromatic rings. The lowest BCUT2D eigenvalue weighted by Gasteiger charge is -2.10. The standard InChI is InChI=1S/C16H21N3S/c1-11(2)8-15-18-14(9-16(20)19-15)17-10-13-6-4-12(3)5-7-13/h4-7,9,11H,8,10H2,1-3H3,(H2,17,18,19,20). The number of aromatic nitrogens is 2. The monoisotopic (exact) mass is 287 g/mol. The van der Waals surface area contributed by atoms with Gasteiger partial charge in [-0.25, -0.2) is 4.98 Å². The fraction of sp³-hybridized carbons (Fsp3) is 0.375. The van der Waals surface area contributed by atoms with Gasteiger partial charge in [0.2, 0.25) is 0 Å². The first-order chi connectivity index (χ1) is 9.52. The van der Waals surface area contributed by atoms with E-state index in [2.05, 4.69) is 60.3 Å². The van der Waals surface area contributed by atoms with E-state index < -0.39 is 0 Å². The van der Waals surface area contributed by atoms with Crippen molar-refractivity contribution in [3.8, 4) is 0 Å². The Labute approximate surface area is 125 Å². The van der Waals surface area contributed by atoms with Crippen LogP contribution in [0.2, 0.25) is 0 Å². The van der Waals surface area contributed by atoms with E-state index in [9.17, 15) is 0 Å². The molecule has 20 heavy (non-hydrogen) atoms. The minimum Gasteiger partial charge on any atom is -0.367 e. The maximum absolute atomic E-state index is 5.22. The molecule has 2 N–H and O–H groups in total. The summed E-state index contributed by atoms with van der Waals surface area (Å²) in [6.45, 7) is 7.21. The van der Waals surface area contributed by atoms with E-state index in [1.165, 1.54) is 11.1 Å². The van der Waals surface area contributed by atoms with Gasteiger partial charge in [0.05, 0.1) is 0 Å². The highest BCUT2D eigenvalue weighted by Gasteiger charge is 2.02. The van der Waals surface area contributed by atoms with Gasteiger partial charge in [0.1, 0.15) is 16.3 Å². The van der Waals surface area contributed by atoms with Crippen LogP contribution < -0.4 is 5.32 Å². The van der Waals surface area contributed by atoms with Crippen LogP contribution in [0.25, 0.3) is 0 Å². The first-order valence-corrected chi connectivity index (χ1v) is 7.33. The summed E-state index contributed by atoms with van der Waals surface area (Å²) in [5.41, 5.74) is 2.52. The molecule has 0 bridgehead atoms. The van der Waals surface area contributed by atoms with Crippen LogP contribution in [0.4, 0.5) is 5.82 Å². The highest BCUT2D eigenvalue weighted by molar-refractivity contribution is 7.71. The summed E-state index contributed by atoms with van der Waals surface area (Å²) >= 11 is 5.22. The fourth-order valence-electron chi connectivity index (χ4n) is 1.99. The van der Waals surface area contributed by atoms with Gasteiger partial charge < -0.3 is 10.3 Å². The number of anilines is 1. The molecular weight excluding hydrogens is 266 g/mol. The number of hydrogen-bond acceptors (Lipinski definition) is 3. The van der Waals surface area contributed by atoms with Crippen molar-refractivity contribution < 1.29 is 0 Å². The zero-order valence-electron chi connectivity index (χ0n) is 12.2. The Hall–Kier alpha value is -1.68. The second-order valence-corrected chi connectivity index (χ2v) is 5.94. The molecule has 1 aromatic heterocycles. The van der Waals surface area contributed by atoms with E-state index in [-0.39, 0.29) is 0 Å². The number of aryl methyl sites for hydroxylation is 1. The summed E-state index contributed by atoms with van der Waals surface area (Å²) in [6, 6.07) is 10.4. The van der Waals surface area contributed by atoms with E-state index in [1.54, 1.807) is 0 Å². The van der Waals surface area contributed by atoms with Crippen molar-refractivity contribution in [1.29, 1.82) is 0 Å². The molecule has 4 heteroatoms. The Kier molecular flexibility index (Phi) is 4.90. The third-order valence-electron chi connectivity index (χ3n) is 3.00. The average Bonchev–Trinajstić information content (AvgIpc) is 2.36. The minimum absolute atomic E-state index is 0.556. The summed E-state index contributed by atoms with van der Waals surface area (Å²) in [7, 11) is 0. The molecule has 0 spiro atoms. The largest absolute Gasteiger partial charge is 0.367 e. The molecule has 1 heterocycles. The molecule has 3 nitrogen and oxygen atoms in total. The second kappa shape index (κ2) is 6.66. The van der Waals surface area contributed by atoms with Gasteiger partial charge in [-0.3, -0.25) is 0 Å². The third-order valence-corrected chi connectivity index (χ3v) is 3.21. The lowest BCUT2D eigenvalue weighted by molar-refractivity contribution is 0.620. The number of nitrogens with one attached hydrogen (secondary N) is 2. The van der Waals surface area contributed by atoms with E-state index >= 15 is 0 Å². The zero-order chi connectivity index (χ0) is 14.5. The van der Waals surface area contributed by atoms with Crippen LogP contribution in [-0.2, 0) is 13.0 Å². The molecular formula is C16H21N3S. The summed E-state index contributed by atoms with van der Waals surface area (Å²) in [6.07, 6.45) is 0.906. The van der Waals surface area contributed by atoms with Crippen molar-refractivity contribution in [3.63, 3.8) is 0 Å². The number of aromatic amines is 1. The molecule has 0 unspecified atom stereocenters. The summed E-state index contributed by atoms with van der Waals surface area (Å²) in [5.74, 6) is 2.43. The smallest absolute Gasteiger partial charge is 0.131 e. The number of hydrogen-bond donors (Lipinski definition) is 2. The van der Waals surface area contributed by atoms with Crippen molar-refractivity contribution in [3.05, 3.63) is 51.9 Å². The molecule has 0 aliphatic rings. The Morgan fingerprint density at radius 3 is 2.60 bits per heavy atom. The Morgan fingerprint density at radius 1 is 1.25 bits per heavy atom. The Balaban J connectivity index is 2.07. The number of H-pyrrole nitrogens is 1. The minimum atomic E-state index is 0.556. The van der Waals surface area contributed by atoms with Crippen LogP contribution in [-0.4, -0.2) is 9.97 Å². The van der Waals surface area contributed by atoms with E-state index in [0.717, 1.165) is 24.6 Å². The second-order valence-electron chi connectivity index (χ2n) is 5.52. The van der Waals surface area contributed by atoms with Gasteiger partial charge in [0, 0.05) is 19.0 Å². The molecule has 0 atom stereocenters. The fourth-order valence-corrected chi connectivity index (χ4v) is 2.22. The SMILES string of the molecule is Cc1ccc(CNc2cc(=S)nc(CC(C)C)[nH]2)cc1. The third kappa shape index (κ3) is 4.46. The maximum Gasteiger partial charge on any atom is 0.131 e. The van der Waals surface area contributed by atoms with Gasteiger partial charge in [0.25, 0.3) is 0 Å². The van der Waals surface area contributed by atoms with Gasteiger partial charge in [0.15, 0.2) is 0 Å². The summed E-state index contributed by atoms with van der Waals surface area (Å²) in [4.78, 5) is 7.67. The van der Waals surface area contributed by atoms with Crippen LogP contribution in [0.1, 0.15) is 30.8 Å². The predicted octanol–water partition coefficient (Wildman–Crippen LogP) is 4.26. The van der Waals surface area contributed by atoms with Crippen LogP contribution in [0, 0.1) is 17.5 Å². The molecule has 0 aliphatic heterocycles. The Bertz CT molecular complexity index is 614. The van der Waals surface area contributed by atoms with Crippen LogP contribution >= 0.6 is 12.2 Å². The number of benzene rings is 1. The van der Waals surface area contributed by atoms with Crippen LogP contribution in [0.3, 0.4) is 0 Å². The Morgan fingerprint density at radius 2 is 1.95 bits per heavy atom. The molecule has 106 valence electrons. The average molecular weight is 287 g/mol. The van der Waals surface area contributed by atoms with Crippen molar-refractivity contribution in [2.24, 2.45) is 5.92 Å². The topological polar surface area (TPSA) is 40.7 Å². The quantitative estimate of drug-likeness (QED) is 0.807. The lowest BCUT2D eigenvalue weighted by atomic mass is 10.1. The van der Waals surface area contributed by atoms with Gasteiger partial charge in [-0.1, -0.05) is 55.9 Å². The molecule has 0 fully saturated rings. The molecule has 0 amide bonds. The molecule has 0 saturated carbocycles. The number of nitrogens with zero attached hydrogens (tertiary/aromatic N) is 1. The van der Waals surface area contributed by atoms with E-state index in [0.29, 0.717) is 10.6 Å². The van der Waals surface area contributed by atoms with Crippen molar-refractivity contribution in [2.45, 2.75) is 33.7 Å². The summed E-state index contributed by atoms with van der Waals surface area (Å²) < 4.78 is 0.630. The van der Waals surface area contributed by atoms with Crippen molar-refractivity contribution >= 4 is 18.0 Å². The first kappa shape index (κ1) is 14.7. The van der Waals surface area contributed by atoms with Crippen LogP contribution in [0.15, 0.2) is 30.3 Å². The van der Waals surface area contributed by atoms with E-state index in [4.69, 9.17) is 12.2 Å². The normalized spacial score (nSPS) is 10.8. The lowest BCUT2D eigenvalue weighted by Crippen LogP contribution is -2.06. The van der Waals surface area contributed by atoms with Gasteiger partial charge in [-0.2, -0.15) is 0 Å². The van der Waals surface area contributed by atoms with Gasteiger partial charge in [-0.05, 0) is 18.4 Å². The van der Waals surface area contributed by atoms with Gasteiger partial charge in [-0.15, -0.1) is 0 Å². The van der Waals surface area contributed by atoms with Gasteiger partial charge >= 0.3 is 0 Å². The number of rotatable bonds is 5. The van der Waals surface area contributed by atoms with Crippen molar-refractivity contribution in [2.75, 3.05) is 5.32 Å².